The minimum absolute atomic E-state index is 0.0703. The van der Waals surface area contributed by atoms with Gasteiger partial charge in [-0.25, -0.2) is 9.97 Å². The number of aliphatic hydroxyl groups is 2. The van der Waals surface area contributed by atoms with Crippen LogP contribution in [0.4, 0.5) is 24.8 Å². The van der Waals surface area contributed by atoms with Gasteiger partial charge in [-0.15, -0.1) is 0 Å². The van der Waals surface area contributed by atoms with Crippen molar-refractivity contribution in [2.45, 2.75) is 30.9 Å². The zero-order valence-corrected chi connectivity index (χ0v) is 19.8. The summed E-state index contributed by atoms with van der Waals surface area (Å²) in [5, 5.41) is 21.7. The summed E-state index contributed by atoms with van der Waals surface area (Å²) in [5.74, 6) is -0.960. The molecular formula is C22H19F3N6O5S. The maximum absolute atomic E-state index is 13.3. The van der Waals surface area contributed by atoms with Crippen LogP contribution in [0.3, 0.4) is 0 Å². The molecule has 4 aromatic rings. The average molecular weight is 536 g/mol. The highest BCUT2D eigenvalue weighted by atomic mass is 32.1. The molecule has 37 heavy (non-hydrogen) atoms. The molecule has 1 aliphatic rings. The number of hydrogen-bond acceptors (Lipinski definition) is 10. The Morgan fingerprint density at radius 2 is 2.00 bits per heavy atom. The number of pyridine rings is 1. The Labute approximate surface area is 209 Å². The predicted octanol–water partition coefficient (Wildman–Crippen LogP) is 1.75. The summed E-state index contributed by atoms with van der Waals surface area (Å²) in [4.78, 5) is 37.7. The van der Waals surface area contributed by atoms with E-state index < -0.39 is 41.1 Å². The number of aliphatic hydroxyl groups excluding tert-OH is 1. The van der Waals surface area contributed by atoms with E-state index in [1.807, 2.05) is 0 Å². The number of carbonyl (C=O) groups is 1. The summed E-state index contributed by atoms with van der Waals surface area (Å²) < 4.78 is 49.9. The second-order valence-electron chi connectivity index (χ2n) is 8.53. The van der Waals surface area contributed by atoms with E-state index in [-0.39, 0.29) is 41.5 Å². The monoisotopic (exact) mass is 536 g/mol. The van der Waals surface area contributed by atoms with Crippen molar-refractivity contribution in [3.05, 3.63) is 52.2 Å². The Morgan fingerprint density at radius 3 is 2.73 bits per heavy atom. The van der Waals surface area contributed by atoms with Crippen molar-refractivity contribution in [2.24, 2.45) is 0 Å². The van der Waals surface area contributed by atoms with Gasteiger partial charge in [0.15, 0.2) is 11.7 Å². The van der Waals surface area contributed by atoms with E-state index in [2.05, 4.69) is 19.3 Å². The Kier molecular flexibility index (Phi) is 5.90. The second kappa shape index (κ2) is 8.72. The number of alkyl halides is 3. The molecule has 3 atom stereocenters. The third-order valence-electron chi connectivity index (χ3n) is 6.11. The fourth-order valence-corrected chi connectivity index (χ4v) is 4.84. The van der Waals surface area contributed by atoms with Gasteiger partial charge < -0.3 is 25.7 Å². The van der Waals surface area contributed by atoms with Crippen molar-refractivity contribution in [1.82, 2.24) is 19.3 Å². The summed E-state index contributed by atoms with van der Waals surface area (Å²) in [6.07, 6.45) is -8.25. The molecule has 4 heterocycles. The first-order valence-corrected chi connectivity index (χ1v) is 11.6. The Bertz CT molecular complexity index is 1590. The van der Waals surface area contributed by atoms with Crippen LogP contribution in [0.25, 0.3) is 21.0 Å². The van der Waals surface area contributed by atoms with Crippen molar-refractivity contribution >= 4 is 50.1 Å². The predicted molar refractivity (Wildman–Crippen MR) is 127 cm³/mol. The van der Waals surface area contributed by atoms with Crippen LogP contribution < -0.4 is 16.2 Å². The summed E-state index contributed by atoms with van der Waals surface area (Å²) in [7, 11) is 0. The highest BCUT2D eigenvalue weighted by molar-refractivity contribution is 7.14. The fraction of sp³-hybridized carbons (Fsp3) is 0.318. The van der Waals surface area contributed by atoms with Crippen molar-refractivity contribution in [3.8, 4) is 0 Å². The molecule has 15 heteroatoms. The minimum atomic E-state index is -5.00. The van der Waals surface area contributed by atoms with E-state index in [1.165, 1.54) is 18.2 Å². The molecule has 5 rings (SSSR count). The molecule has 0 aliphatic carbocycles. The van der Waals surface area contributed by atoms with Crippen LogP contribution in [-0.2, 0) is 15.1 Å². The molecule has 0 saturated carbocycles. The number of anilines is 2. The van der Waals surface area contributed by atoms with Gasteiger partial charge in [-0.1, -0.05) is 6.07 Å². The van der Waals surface area contributed by atoms with Gasteiger partial charge >= 0.3 is 6.18 Å². The normalized spacial score (nSPS) is 19.4. The standard InChI is InChI=1S/C22H19F3N6O5S/c1-21(35,22(23,24)25)11-3-2-4-12(28-11)31-7-8-36-15(20(31)34)14(32)18-27-10-6-5-9-16(37-30-17(9)26)13(10)19(33)29-18/h2-6,14-15,32,35H,7-8H2,1H3,(H2,26,30)(H,27,29,33)/t14-,15-,21?/m1/s1. The Morgan fingerprint density at radius 1 is 1.24 bits per heavy atom. The van der Waals surface area contributed by atoms with Gasteiger partial charge in [-0.05, 0) is 42.7 Å². The number of ether oxygens (including phenoxy) is 1. The number of halogens is 3. The fourth-order valence-electron chi connectivity index (χ4n) is 4.00. The third kappa shape index (κ3) is 4.09. The van der Waals surface area contributed by atoms with Crippen LogP contribution in [0.1, 0.15) is 24.5 Å². The van der Waals surface area contributed by atoms with Crippen LogP contribution in [0, 0.1) is 0 Å². The summed E-state index contributed by atoms with van der Waals surface area (Å²) in [6.45, 7) is 0.398. The zero-order valence-electron chi connectivity index (χ0n) is 19.0. The van der Waals surface area contributed by atoms with Crippen LogP contribution in [-0.4, -0.2) is 60.9 Å². The second-order valence-corrected chi connectivity index (χ2v) is 9.31. The number of nitrogen functional groups attached to an aromatic ring is 1. The van der Waals surface area contributed by atoms with Crippen molar-refractivity contribution in [1.29, 1.82) is 0 Å². The van der Waals surface area contributed by atoms with Gasteiger partial charge in [0.25, 0.3) is 11.5 Å². The van der Waals surface area contributed by atoms with Gasteiger partial charge in [-0.2, -0.15) is 17.5 Å². The molecule has 1 unspecified atom stereocenters. The van der Waals surface area contributed by atoms with E-state index in [1.54, 1.807) is 6.07 Å². The molecule has 1 aromatic carbocycles. The highest BCUT2D eigenvalue weighted by Crippen LogP contribution is 2.38. The number of hydrogen-bond donors (Lipinski definition) is 4. The number of fused-ring (bicyclic) bond motifs is 3. The number of nitrogens with zero attached hydrogens (tertiary/aromatic N) is 4. The number of nitrogens with one attached hydrogen (secondary N) is 1. The summed E-state index contributed by atoms with van der Waals surface area (Å²) >= 11 is 1.02. The highest BCUT2D eigenvalue weighted by Gasteiger charge is 2.52. The van der Waals surface area contributed by atoms with Crippen LogP contribution in [0.2, 0.25) is 0 Å². The van der Waals surface area contributed by atoms with Gasteiger partial charge in [0.1, 0.15) is 23.6 Å². The number of nitrogens with two attached hydrogens (primary N) is 1. The molecule has 194 valence electrons. The number of H-pyrrole nitrogens is 1. The largest absolute Gasteiger partial charge is 0.422 e. The maximum atomic E-state index is 13.3. The van der Waals surface area contributed by atoms with Crippen molar-refractivity contribution in [2.75, 3.05) is 23.8 Å². The molecule has 1 aliphatic heterocycles. The number of aromatic nitrogens is 4. The zero-order chi connectivity index (χ0) is 26.7. The molecular weight excluding hydrogens is 517 g/mol. The lowest BCUT2D eigenvalue weighted by Gasteiger charge is -2.34. The van der Waals surface area contributed by atoms with E-state index in [0.717, 1.165) is 22.5 Å². The van der Waals surface area contributed by atoms with Crippen molar-refractivity contribution < 1.29 is 32.9 Å². The first kappa shape index (κ1) is 25.0. The van der Waals surface area contributed by atoms with Crippen LogP contribution >= 0.6 is 11.5 Å². The molecule has 0 spiro atoms. The quantitative estimate of drug-likeness (QED) is 0.304. The minimum Gasteiger partial charge on any atom is -0.382 e. The maximum Gasteiger partial charge on any atom is 0.422 e. The molecule has 1 saturated heterocycles. The van der Waals surface area contributed by atoms with E-state index in [0.29, 0.717) is 17.0 Å². The van der Waals surface area contributed by atoms with Crippen LogP contribution in [0.5, 0.6) is 0 Å². The van der Waals surface area contributed by atoms with Gasteiger partial charge in [0, 0.05) is 5.39 Å². The Hall–Kier alpha value is -3.66. The van der Waals surface area contributed by atoms with E-state index >= 15 is 0 Å². The topological polar surface area (TPSA) is 168 Å². The summed E-state index contributed by atoms with van der Waals surface area (Å²) in [6, 6.07) is 6.68. The average Bonchev–Trinajstić information content (AvgIpc) is 3.23. The lowest BCUT2D eigenvalue weighted by atomic mass is 10.0. The number of aromatic amines is 1. The van der Waals surface area contributed by atoms with E-state index in [4.69, 9.17) is 10.5 Å². The molecule has 3 aromatic heterocycles. The number of morpholine rings is 1. The third-order valence-corrected chi connectivity index (χ3v) is 7.00. The van der Waals surface area contributed by atoms with Gasteiger partial charge in [0.05, 0.1) is 34.4 Å². The summed E-state index contributed by atoms with van der Waals surface area (Å²) in [5.41, 5.74) is 1.51. The molecule has 5 N–H and O–H groups in total. The lowest BCUT2D eigenvalue weighted by molar-refractivity contribution is -0.260. The first-order chi connectivity index (χ1) is 17.4. The van der Waals surface area contributed by atoms with Gasteiger partial charge in [-0.3, -0.25) is 14.5 Å². The SMILES string of the molecule is CC(O)(c1cccc(N2CCO[C@H]([C@@H](O)c3nc4ccc5c(N)nsc5c4c(=O)[nH]3)C2=O)n1)C(F)(F)F. The molecule has 11 nitrogen and oxygen atoms in total. The number of carbonyl (C=O) groups excluding carboxylic acids is 1. The van der Waals surface area contributed by atoms with E-state index in [9.17, 15) is 33.0 Å². The molecule has 0 radical (unpaired) electrons. The molecule has 1 amide bonds. The molecule has 0 bridgehead atoms. The smallest absolute Gasteiger partial charge is 0.382 e. The van der Waals surface area contributed by atoms with Crippen LogP contribution in [0.15, 0.2) is 35.1 Å². The van der Waals surface area contributed by atoms with Crippen molar-refractivity contribution in [3.63, 3.8) is 0 Å². The number of amides is 1. The number of benzene rings is 1. The molecule has 1 fully saturated rings. The Balaban J connectivity index is 1.47. The number of rotatable bonds is 4. The lowest BCUT2D eigenvalue weighted by Crippen LogP contribution is -2.51. The van der Waals surface area contributed by atoms with Gasteiger partial charge in [0.2, 0.25) is 0 Å². The first-order valence-electron chi connectivity index (χ1n) is 10.9.